The van der Waals surface area contributed by atoms with E-state index in [2.05, 4.69) is 36.4 Å². The fourth-order valence-electron chi connectivity index (χ4n) is 2.10. The molecule has 1 N–H and O–H groups in total. The number of nitrogens with zero attached hydrogens (tertiary/aromatic N) is 2. The van der Waals surface area contributed by atoms with Crippen LogP contribution in [0.2, 0.25) is 0 Å². The molecular formula is C15H17N3S. The van der Waals surface area contributed by atoms with Gasteiger partial charge in [0.2, 0.25) is 0 Å². The Morgan fingerprint density at radius 1 is 1.37 bits per heavy atom. The second-order valence-electron chi connectivity index (χ2n) is 5.63. The number of imidazole rings is 1. The summed E-state index contributed by atoms with van der Waals surface area (Å²) in [4.78, 5) is 3.11. The number of aromatic nitrogens is 2. The van der Waals surface area contributed by atoms with Crippen LogP contribution in [-0.4, -0.2) is 9.55 Å². The van der Waals surface area contributed by atoms with E-state index < -0.39 is 0 Å². The molecule has 3 nitrogen and oxygen atoms in total. The van der Waals surface area contributed by atoms with E-state index in [1.54, 1.807) is 0 Å². The molecule has 0 amide bonds. The average molecular weight is 271 g/mol. The maximum absolute atomic E-state index is 8.94. The highest BCUT2D eigenvalue weighted by Crippen LogP contribution is 2.23. The molecule has 4 heteroatoms. The lowest BCUT2D eigenvalue weighted by atomic mass is 9.92. The second-order valence-corrected chi connectivity index (χ2v) is 6.01. The van der Waals surface area contributed by atoms with Gasteiger partial charge in [-0.2, -0.15) is 5.26 Å². The molecule has 0 saturated heterocycles. The summed E-state index contributed by atoms with van der Waals surface area (Å²) in [5.41, 5.74) is 2.96. The minimum atomic E-state index is 0.0282. The molecule has 2 aromatic rings. The SMILES string of the molecule is CC(C)(C)c1c[nH]c(=S)n1Cc1cccc(C#N)c1. The molecule has 1 heterocycles. The molecule has 0 aliphatic heterocycles. The zero-order chi connectivity index (χ0) is 14.0. The lowest BCUT2D eigenvalue weighted by Gasteiger charge is -2.20. The first-order valence-corrected chi connectivity index (χ1v) is 6.60. The lowest BCUT2D eigenvalue weighted by molar-refractivity contribution is 0.529. The molecule has 0 spiro atoms. The van der Waals surface area contributed by atoms with Crippen molar-refractivity contribution in [2.24, 2.45) is 0 Å². The van der Waals surface area contributed by atoms with E-state index in [1.807, 2.05) is 30.5 Å². The van der Waals surface area contributed by atoms with Gasteiger partial charge in [0, 0.05) is 17.3 Å². The summed E-state index contributed by atoms with van der Waals surface area (Å²) < 4.78 is 2.80. The molecular weight excluding hydrogens is 254 g/mol. The minimum Gasteiger partial charge on any atom is -0.337 e. The highest BCUT2D eigenvalue weighted by molar-refractivity contribution is 7.71. The van der Waals surface area contributed by atoms with Crippen molar-refractivity contribution < 1.29 is 0 Å². The van der Waals surface area contributed by atoms with Crippen LogP contribution in [0.4, 0.5) is 0 Å². The Hall–Kier alpha value is -1.86. The van der Waals surface area contributed by atoms with Crippen LogP contribution in [0, 0.1) is 16.1 Å². The smallest absolute Gasteiger partial charge is 0.177 e. The Labute approximate surface area is 118 Å². The van der Waals surface area contributed by atoms with Gasteiger partial charge >= 0.3 is 0 Å². The summed E-state index contributed by atoms with van der Waals surface area (Å²) in [7, 11) is 0. The molecule has 0 atom stereocenters. The average Bonchev–Trinajstić information content (AvgIpc) is 2.71. The highest BCUT2D eigenvalue weighted by Gasteiger charge is 2.19. The van der Waals surface area contributed by atoms with Crippen LogP contribution in [0.1, 0.15) is 37.6 Å². The summed E-state index contributed by atoms with van der Waals surface area (Å²) in [6, 6.07) is 9.80. The third-order valence-corrected chi connectivity index (χ3v) is 3.37. The van der Waals surface area contributed by atoms with Gasteiger partial charge in [0.05, 0.1) is 18.2 Å². The van der Waals surface area contributed by atoms with Crippen molar-refractivity contribution in [3.63, 3.8) is 0 Å². The number of nitrogens with one attached hydrogen (secondary N) is 1. The lowest BCUT2D eigenvalue weighted by Crippen LogP contribution is -2.18. The molecule has 0 aliphatic carbocycles. The molecule has 0 radical (unpaired) electrons. The first-order chi connectivity index (χ1) is 8.91. The molecule has 0 unspecified atom stereocenters. The number of aromatic amines is 1. The van der Waals surface area contributed by atoms with Crippen molar-refractivity contribution in [1.29, 1.82) is 5.26 Å². The van der Waals surface area contributed by atoms with Crippen LogP contribution >= 0.6 is 12.2 Å². The first kappa shape index (κ1) is 13.6. The van der Waals surface area contributed by atoms with Crippen LogP contribution in [0.3, 0.4) is 0 Å². The van der Waals surface area contributed by atoms with Gasteiger partial charge in [-0.05, 0) is 29.9 Å². The molecule has 0 saturated carbocycles. The third kappa shape index (κ3) is 2.94. The van der Waals surface area contributed by atoms with Gasteiger partial charge < -0.3 is 9.55 Å². The van der Waals surface area contributed by atoms with E-state index in [-0.39, 0.29) is 5.41 Å². The Kier molecular flexibility index (Phi) is 3.59. The molecule has 0 fully saturated rings. The van der Waals surface area contributed by atoms with Gasteiger partial charge in [0.25, 0.3) is 0 Å². The van der Waals surface area contributed by atoms with Crippen molar-refractivity contribution in [2.75, 3.05) is 0 Å². The topological polar surface area (TPSA) is 44.5 Å². The van der Waals surface area contributed by atoms with Gasteiger partial charge in [0.1, 0.15) is 0 Å². The van der Waals surface area contributed by atoms with Crippen molar-refractivity contribution >= 4 is 12.2 Å². The molecule has 1 aromatic carbocycles. The summed E-state index contributed by atoms with van der Waals surface area (Å²) in [5.74, 6) is 0. The van der Waals surface area contributed by atoms with Gasteiger partial charge in [-0.3, -0.25) is 0 Å². The van der Waals surface area contributed by atoms with Crippen molar-refractivity contribution in [2.45, 2.75) is 32.7 Å². The van der Waals surface area contributed by atoms with Crippen LogP contribution < -0.4 is 0 Å². The maximum Gasteiger partial charge on any atom is 0.177 e. The summed E-state index contributed by atoms with van der Waals surface area (Å²) in [5, 5.41) is 8.94. The van der Waals surface area contributed by atoms with Gasteiger partial charge in [-0.1, -0.05) is 32.9 Å². The third-order valence-electron chi connectivity index (χ3n) is 3.03. The Morgan fingerprint density at radius 3 is 2.74 bits per heavy atom. The molecule has 19 heavy (non-hydrogen) atoms. The number of hydrogen-bond acceptors (Lipinski definition) is 2. The van der Waals surface area contributed by atoms with E-state index in [4.69, 9.17) is 17.5 Å². The summed E-state index contributed by atoms with van der Waals surface area (Å²) in [6.45, 7) is 7.16. The molecule has 0 bridgehead atoms. The molecule has 98 valence electrons. The fraction of sp³-hybridized carbons (Fsp3) is 0.333. The van der Waals surface area contributed by atoms with E-state index in [9.17, 15) is 0 Å². The number of nitriles is 1. The minimum absolute atomic E-state index is 0.0282. The van der Waals surface area contributed by atoms with Crippen LogP contribution in [0.5, 0.6) is 0 Å². The quantitative estimate of drug-likeness (QED) is 0.845. The predicted octanol–water partition coefficient (Wildman–Crippen LogP) is 3.76. The zero-order valence-electron chi connectivity index (χ0n) is 11.4. The number of benzene rings is 1. The van der Waals surface area contributed by atoms with Crippen molar-refractivity contribution in [1.82, 2.24) is 9.55 Å². The van der Waals surface area contributed by atoms with E-state index >= 15 is 0 Å². The summed E-state index contributed by atoms with van der Waals surface area (Å²) >= 11 is 5.34. The van der Waals surface area contributed by atoms with Crippen molar-refractivity contribution in [3.8, 4) is 6.07 Å². The summed E-state index contributed by atoms with van der Waals surface area (Å²) in [6.07, 6.45) is 1.97. The first-order valence-electron chi connectivity index (χ1n) is 6.19. The molecule has 2 rings (SSSR count). The van der Waals surface area contributed by atoms with Crippen molar-refractivity contribution in [3.05, 3.63) is 52.1 Å². The van der Waals surface area contributed by atoms with Gasteiger partial charge in [-0.25, -0.2) is 0 Å². The van der Waals surface area contributed by atoms with E-state index in [0.29, 0.717) is 16.9 Å². The van der Waals surface area contributed by atoms with Gasteiger partial charge in [-0.15, -0.1) is 0 Å². The van der Waals surface area contributed by atoms with E-state index in [1.165, 1.54) is 5.69 Å². The fourth-order valence-corrected chi connectivity index (χ4v) is 2.32. The highest BCUT2D eigenvalue weighted by atomic mass is 32.1. The second kappa shape index (κ2) is 5.02. The van der Waals surface area contributed by atoms with Crippen LogP contribution in [0.15, 0.2) is 30.5 Å². The van der Waals surface area contributed by atoms with Crippen LogP contribution in [0.25, 0.3) is 0 Å². The normalized spacial score (nSPS) is 11.3. The monoisotopic (exact) mass is 271 g/mol. The number of hydrogen-bond donors (Lipinski definition) is 1. The maximum atomic E-state index is 8.94. The Bertz CT molecular complexity index is 680. The molecule has 0 aliphatic rings. The Balaban J connectivity index is 2.41. The zero-order valence-corrected chi connectivity index (χ0v) is 12.2. The number of rotatable bonds is 2. The number of H-pyrrole nitrogens is 1. The standard InChI is InChI=1S/C15H17N3S/c1-15(2,3)13-9-17-14(19)18(13)10-12-6-4-5-11(7-12)8-16/h4-7,9H,10H2,1-3H3,(H,17,19). The Morgan fingerprint density at radius 2 is 2.11 bits per heavy atom. The van der Waals surface area contributed by atoms with E-state index in [0.717, 1.165) is 5.56 Å². The van der Waals surface area contributed by atoms with Crippen LogP contribution in [-0.2, 0) is 12.0 Å². The van der Waals surface area contributed by atoms with Gasteiger partial charge in [0.15, 0.2) is 4.77 Å². The predicted molar refractivity (Wildman–Crippen MR) is 78.6 cm³/mol. The largest absolute Gasteiger partial charge is 0.337 e. The molecule has 1 aromatic heterocycles.